The fourth-order valence-corrected chi connectivity index (χ4v) is 2.79. The smallest absolute Gasteiger partial charge is 0.237 e. The van der Waals surface area contributed by atoms with E-state index in [-0.39, 0.29) is 5.91 Å². The number of amides is 1. The number of para-hydroxylation sites is 1. The number of carbonyl (C=O) groups is 1. The molecule has 1 N–H and O–H groups in total. The van der Waals surface area contributed by atoms with Crippen LogP contribution in [0.1, 0.15) is 39.7 Å². The first-order valence-corrected chi connectivity index (χ1v) is 7.13. The second-order valence-corrected chi connectivity index (χ2v) is 5.85. The maximum atomic E-state index is 12.6. The Morgan fingerprint density at radius 2 is 2.00 bits per heavy atom. The predicted molar refractivity (Wildman–Crippen MR) is 79.6 cm³/mol. The van der Waals surface area contributed by atoms with E-state index < -0.39 is 5.41 Å². The van der Waals surface area contributed by atoms with Crippen LogP contribution in [-0.4, -0.2) is 25.0 Å². The highest BCUT2D eigenvalue weighted by molar-refractivity contribution is 6.07. The van der Waals surface area contributed by atoms with Crippen LogP contribution < -0.4 is 10.2 Å². The van der Waals surface area contributed by atoms with Gasteiger partial charge in [0.05, 0.1) is 5.41 Å². The first-order valence-electron chi connectivity index (χ1n) is 7.13. The molecule has 3 nitrogen and oxygen atoms in total. The standard InChI is InChI=1S/C16H24N2O/c1-5-17-12(2)10-11-18-14-9-7-6-8-13(14)16(3,4)15(18)19/h6-9,12,17H,5,10-11H2,1-4H3. The minimum absolute atomic E-state index is 0.220. The zero-order chi connectivity index (χ0) is 14.0. The number of fused-ring (bicyclic) bond motifs is 1. The summed E-state index contributed by atoms with van der Waals surface area (Å²) in [5, 5.41) is 3.39. The fourth-order valence-electron chi connectivity index (χ4n) is 2.79. The summed E-state index contributed by atoms with van der Waals surface area (Å²) in [6.45, 7) is 10.1. The van der Waals surface area contributed by atoms with Gasteiger partial charge >= 0.3 is 0 Å². The zero-order valence-corrected chi connectivity index (χ0v) is 12.4. The quantitative estimate of drug-likeness (QED) is 0.883. The van der Waals surface area contributed by atoms with Crippen LogP contribution in [0.3, 0.4) is 0 Å². The number of nitrogens with zero attached hydrogens (tertiary/aromatic N) is 1. The van der Waals surface area contributed by atoms with Gasteiger partial charge in [0.15, 0.2) is 0 Å². The Kier molecular flexibility index (Phi) is 3.95. The van der Waals surface area contributed by atoms with Crippen molar-refractivity contribution in [1.29, 1.82) is 0 Å². The van der Waals surface area contributed by atoms with Crippen LogP contribution in [0.25, 0.3) is 0 Å². The summed E-state index contributed by atoms with van der Waals surface area (Å²) in [7, 11) is 0. The first kappa shape index (κ1) is 14.1. The Morgan fingerprint density at radius 3 is 2.68 bits per heavy atom. The highest BCUT2D eigenvalue weighted by atomic mass is 16.2. The van der Waals surface area contributed by atoms with Gasteiger partial charge in [-0.15, -0.1) is 0 Å². The molecule has 1 aliphatic heterocycles. The molecule has 3 heteroatoms. The van der Waals surface area contributed by atoms with Gasteiger partial charge in [-0.1, -0.05) is 25.1 Å². The number of anilines is 1. The van der Waals surface area contributed by atoms with Crippen molar-refractivity contribution >= 4 is 11.6 Å². The molecule has 0 aliphatic carbocycles. The zero-order valence-electron chi connectivity index (χ0n) is 12.4. The Hall–Kier alpha value is -1.35. The van der Waals surface area contributed by atoms with Gasteiger partial charge in [0.1, 0.15) is 0 Å². The highest BCUT2D eigenvalue weighted by Gasteiger charge is 2.43. The van der Waals surface area contributed by atoms with E-state index in [9.17, 15) is 4.79 Å². The van der Waals surface area contributed by atoms with Gasteiger partial charge in [0, 0.05) is 18.3 Å². The lowest BCUT2D eigenvalue weighted by molar-refractivity contribution is -0.122. The van der Waals surface area contributed by atoms with Crippen LogP contribution in [0.2, 0.25) is 0 Å². The average Bonchev–Trinajstić information content (AvgIpc) is 2.57. The van der Waals surface area contributed by atoms with Gasteiger partial charge < -0.3 is 10.2 Å². The molecule has 1 aromatic carbocycles. The molecule has 0 spiro atoms. The summed E-state index contributed by atoms with van der Waals surface area (Å²) >= 11 is 0. The number of hydrogen-bond acceptors (Lipinski definition) is 2. The number of nitrogens with one attached hydrogen (secondary N) is 1. The molecule has 104 valence electrons. The van der Waals surface area contributed by atoms with Gasteiger partial charge in [-0.25, -0.2) is 0 Å². The third-order valence-electron chi connectivity index (χ3n) is 3.99. The normalized spacial score (nSPS) is 18.5. The summed E-state index contributed by atoms with van der Waals surface area (Å²) in [5.41, 5.74) is 1.84. The maximum Gasteiger partial charge on any atom is 0.237 e. The molecule has 0 radical (unpaired) electrons. The largest absolute Gasteiger partial charge is 0.314 e. The Morgan fingerprint density at radius 1 is 1.32 bits per heavy atom. The van der Waals surface area contributed by atoms with E-state index in [1.54, 1.807) is 0 Å². The molecular weight excluding hydrogens is 236 g/mol. The fraction of sp³-hybridized carbons (Fsp3) is 0.562. The van der Waals surface area contributed by atoms with E-state index in [1.165, 1.54) is 0 Å². The van der Waals surface area contributed by atoms with Gasteiger partial charge in [-0.3, -0.25) is 4.79 Å². The van der Waals surface area contributed by atoms with Crippen molar-refractivity contribution in [1.82, 2.24) is 5.32 Å². The van der Waals surface area contributed by atoms with Crippen LogP contribution in [0.15, 0.2) is 24.3 Å². The minimum Gasteiger partial charge on any atom is -0.314 e. The van der Waals surface area contributed by atoms with Crippen LogP contribution >= 0.6 is 0 Å². The molecule has 19 heavy (non-hydrogen) atoms. The van der Waals surface area contributed by atoms with E-state index in [2.05, 4.69) is 31.3 Å². The van der Waals surface area contributed by atoms with E-state index in [0.29, 0.717) is 6.04 Å². The molecule has 1 unspecified atom stereocenters. The van der Waals surface area contributed by atoms with Crippen molar-refractivity contribution in [2.75, 3.05) is 18.0 Å². The molecule has 1 amide bonds. The lowest BCUT2D eigenvalue weighted by atomic mass is 9.86. The summed E-state index contributed by atoms with van der Waals surface area (Å²) < 4.78 is 0. The van der Waals surface area contributed by atoms with Crippen molar-refractivity contribution in [2.45, 2.75) is 45.6 Å². The number of carbonyl (C=O) groups excluding carboxylic acids is 1. The lowest BCUT2D eigenvalue weighted by Crippen LogP contribution is -2.39. The Labute approximate surface area is 116 Å². The van der Waals surface area contributed by atoms with E-state index >= 15 is 0 Å². The third kappa shape index (κ3) is 2.52. The summed E-state index contributed by atoms with van der Waals surface area (Å²) in [5.74, 6) is 0.220. The molecule has 1 heterocycles. The summed E-state index contributed by atoms with van der Waals surface area (Å²) in [6, 6.07) is 8.59. The average molecular weight is 260 g/mol. The monoisotopic (exact) mass is 260 g/mol. The maximum absolute atomic E-state index is 12.6. The van der Waals surface area contributed by atoms with Crippen LogP contribution in [-0.2, 0) is 10.2 Å². The molecule has 1 atom stereocenters. The first-order chi connectivity index (χ1) is 8.98. The van der Waals surface area contributed by atoms with E-state index in [1.807, 2.05) is 30.9 Å². The lowest BCUT2D eigenvalue weighted by Gasteiger charge is -2.22. The van der Waals surface area contributed by atoms with Crippen LogP contribution in [0.5, 0.6) is 0 Å². The van der Waals surface area contributed by atoms with Crippen LogP contribution in [0, 0.1) is 0 Å². The minimum atomic E-state index is -0.391. The van der Waals surface area contributed by atoms with Crippen molar-refractivity contribution in [3.63, 3.8) is 0 Å². The molecule has 0 aromatic heterocycles. The van der Waals surface area contributed by atoms with Gasteiger partial charge in [-0.2, -0.15) is 0 Å². The van der Waals surface area contributed by atoms with E-state index in [4.69, 9.17) is 0 Å². The second kappa shape index (κ2) is 5.33. The Balaban J connectivity index is 2.16. The van der Waals surface area contributed by atoms with E-state index in [0.717, 1.165) is 30.8 Å². The summed E-state index contributed by atoms with van der Waals surface area (Å²) in [6.07, 6.45) is 0.976. The molecule has 2 rings (SSSR count). The van der Waals surface area contributed by atoms with Crippen molar-refractivity contribution < 1.29 is 4.79 Å². The topological polar surface area (TPSA) is 32.3 Å². The van der Waals surface area contributed by atoms with Gasteiger partial charge in [0.25, 0.3) is 0 Å². The van der Waals surface area contributed by atoms with Crippen molar-refractivity contribution in [3.05, 3.63) is 29.8 Å². The number of rotatable bonds is 5. The van der Waals surface area contributed by atoms with Crippen molar-refractivity contribution in [2.24, 2.45) is 0 Å². The van der Waals surface area contributed by atoms with Crippen molar-refractivity contribution in [3.8, 4) is 0 Å². The molecular formula is C16H24N2O. The predicted octanol–water partition coefficient (Wildman–Crippen LogP) is 2.70. The second-order valence-electron chi connectivity index (χ2n) is 5.85. The third-order valence-corrected chi connectivity index (χ3v) is 3.99. The molecule has 0 saturated carbocycles. The molecule has 1 aromatic rings. The van der Waals surface area contributed by atoms with Gasteiger partial charge in [0.2, 0.25) is 5.91 Å². The molecule has 0 bridgehead atoms. The van der Waals surface area contributed by atoms with Crippen LogP contribution in [0.4, 0.5) is 5.69 Å². The number of benzene rings is 1. The van der Waals surface area contributed by atoms with Gasteiger partial charge in [-0.05, 0) is 45.4 Å². The number of hydrogen-bond donors (Lipinski definition) is 1. The highest BCUT2D eigenvalue weighted by Crippen LogP contribution is 2.41. The SMILES string of the molecule is CCNC(C)CCN1C(=O)C(C)(C)c2ccccc21. The molecule has 0 saturated heterocycles. The Bertz CT molecular complexity index is 468. The molecule has 1 aliphatic rings. The summed E-state index contributed by atoms with van der Waals surface area (Å²) in [4.78, 5) is 14.5. The molecule has 0 fully saturated rings.